The van der Waals surface area contributed by atoms with E-state index in [9.17, 15) is 14.7 Å². The van der Waals surface area contributed by atoms with Crippen LogP contribution < -0.4 is 123 Å². The van der Waals surface area contributed by atoms with Crippen molar-refractivity contribution < 1.29 is 117 Å². The van der Waals surface area contributed by atoms with Crippen LogP contribution in [0, 0.1) is 0 Å². The summed E-state index contributed by atoms with van der Waals surface area (Å²) in [6.45, 7) is 0. The van der Waals surface area contributed by atoms with Crippen LogP contribution in [0.15, 0.2) is 27.1 Å². The summed E-state index contributed by atoms with van der Waals surface area (Å²) < 4.78 is 0.997. The number of rotatable bonds is 1. The second-order valence-electron chi connectivity index (χ2n) is 2.09. The zero-order chi connectivity index (χ0) is 9.35. The van der Waals surface area contributed by atoms with Crippen LogP contribution in [0.3, 0.4) is 0 Å². The second kappa shape index (κ2) is 8.79. The molecule has 0 N–H and O–H groups in total. The van der Waals surface area contributed by atoms with Crippen molar-refractivity contribution >= 4 is 45.1 Å². The first kappa shape index (κ1) is 20.1. The molecule has 0 aromatic heterocycles. The Balaban J connectivity index is 0. The summed E-state index contributed by atoms with van der Waals surface area (Å²) in [5.74, 6) is 0. The van der Waals surface area contributed by atoms with E-state index < -0.39 is 7.94 Å². The maximum Gasteiger partial charge on any atom is 1.00 e. The Labute approximate surface area is 185 Å². The van der Waals surface area contributed by atoms with Gasteiger partial charge in [-0.2, -0.15) is 0 Å². The van der Waals surface area contributed by atoms with Crippen LogP contribution in [0.5, 0.6) is 0 Å². The van der Waals surface area contributed by atoms with Crippen LogP contribution in [0.4, 0.5) is 0 Å². The first-order valence-corrected chi connectivity index (χ1v) is 6.02. The molecule has 0 unspecified atom stereocenters. The normalized spacial score (nSPS) is 10.1. The maximum atomic E-state index is 10.6. The standard InChI is InChI=1S/C6H5Br2O3P.2K/c7-4-1-2-6(5(8)3-4)12(9,10)11;;/h1-3H,(H2,9,10,11);;/q;2*+1/p-2. The SMILES string of the molecule is [K+].[K+].[O-][P+]([O-])([O-])c1ccc(Br)cc1Br. The topological polar surface area (TPSA) is 69.2 Å². The average Bonchev–Trinajstić information content (AvgIpc) is 1.83. The van der Waals surface area contributed by atoms with Gasteiger partial charge in [0.05, 0.1) is 9.78 Å². The van der Waals surface area contributed by atoms with Crippen LogP contribution in [0.1, 0.15) is 0 Å². The molecule has 1 rings (SSSR count). The molecule has 0 aliphatic carbocycles. The van der Waals surface area contributed by atoms with E-state index in [4.69, 9.17) is 0 Å². The molecule has 0 spiro atoms. The third kappa shape index (κ3) is 6.63. The van der Waals surface area contributed by atoms with Crippen molar-refractivity contribution in [2.75, 3.05) is 0 Å². The molecule has 3 nitrogen and oxygen atoms in total. The van der Waals surface area contributed by atoms with Gasteiger partial charge < -0.3 is 14.7 Å². The summed E-state index contributed by atoms with van der Waals surface area (Å²) in [5, 5.41) is -0.217. The smallest absolute Gasteiger partial charge is 0.683 e. The van der Waals surface area contributed by atoms with Gasteiger partial charge in [0, 0.05) is 4.47 Å². The largest absolute Gasteiger partial charge is 1.00 e. The average molecular weight is 392 g/mol. The van der Waals surface area contributed by atoms with E-state index >= 15 is 0 Å². The Morgan fingerprint density at radius 3 is 1.86 bits per heavy atom. The molecule has 0 aliphatic rings. The van der Waals surface area contributed by atoms with Crippen molar-refractivity contribution in [1.29, 1.82) is 0 Å². The quantitative estimate of drug-likeness (QED) is 0.353. The van der Waals surface area contributed by atoms with E-state index in [0.29, 0.717) is 4.47 Å². The minimum absolute atomic E-state index is 0. The Morgan fingerprint density at radius 2 is 1.50 bits per heavy atom. The van der Waals surface area contributed by atoms with Gasteiger partial charge in [0.15, 0.2) is 0 Å². The van der Waals surface area contributed by atoms with Gasteiger partial charge in [-0.15, -0.1) is 7.94 Å². The number of hydrogen-bond donors (Lipinski definition) is 0. The molecule has 0 bridgehead atoms. The molecule has 1 aromatic rings. The first-order valence-electron chi connectivity index (χ1n) is 2.89. The minimum atomic E-state index is -4.64. The summed E-state index contributed by atoms with van der Waals surface area (Å²) in [7, 11) is -4.64. The third-order valence-electron chi connectivity index (χ3n) is 1.20. The molecule has 8 heteroatoms. The van der Waals surface area contributed by atoms with Gasteiger partial charge in [0.1, 0.15) is 0 Å². The van der Waals surface area contributed by atoms with E-state index in [-0.39, 0.29) is 113 Å². The number of benzene rings is 1. The van der Waals surface area contributed by atoms with Gasteiger partial charge in [-0.05, 0) is 34.1 Å². The summed E-state index contributed by atoms with van der Waals surface area (Å²) in [6.07, 6.45) is 0. The molecule has 0 aliphatic heterocycles. The molecule has 0 fully saturated rings. The van der Waals surface area contributed by atoms with Gasteiger partial charge >= 0.3 is 103 Å². The molecule has 0 amide bonds. The molecule has 0 heterocycles. The molecule has 0 saturated carbocycles. The maximum absolute atomic E-state index is 10.6. The van der Waals surface area contributed by atoms with Crippen LogP contribution >= 0.6 is 39.8 Å². The van der Waals surface area contributed by atoms with Crippen LogP contribution in [0.25, 0.3) is 0 Å². The Kier molecular flexibility index (Phi) is 12.6. The summed E-state index contributed by atoms with van der Waals surface area (Å²) in [6, 6.07) is 4.27. The van der Waals surface area contributed by atoms with Crippen molar-refractivity contribution in [3.05, 3.63) is 27.1 Å². The molecule has 66 valence electrons. The van der Waals surface area contributed by atoms with Crippen molar-refractivity contribution in [3.63, 3.8) is 0 Å². The summed E-state index contributed by atoms with van der Waals surface area (Å²) >= 11 is 6.12. The van der Waals surface area contributed by atoms with Gasteiger partial charge in [-0.3, -0.25) is 0 Å². The molecular formula is C6H3Br2K2O3P. The van der Waals surface area contributed by atoms with E-state index in [1.165, 1.54) is 18.2 Å². The van der Waals surface area contributed by atoms with E-state index in [0.717, 1.165) is 0 Å². The third-order valence-corrected chi connectivity index (χ3v) is 3.64. The molecule has 1 aromatic carbocycles. The molecule has 0 saturated heterocycles. The van der Waals surface area contributed by atoms with Gasteiger partial charge in [0.25, 0.3) is 0 Å². The van der Waals surface area contributed by atoms with Crippen molar-refractivity contribution in [2.24, 2.45) is 0 Å². The fourth-order valence-electron chi connectivity index (χ4n) is 0.703. The predicted molar refractivity (Wildman–Crippen MR) is 48.4 cm³/mol. The van der Waals surface area contributed by atoms with Crippen molar-refractivity contribution in [2.45, 2.75) is 0 Å². The van der Waals surface area contributed by atoms with Gasteiger partial charge in [-0.25, -0.2) is 0 Å². The monoisotopic (exact) mass is 390 g/mol. The number of halogens is 2. The van der Waals surface area contributed by atoms with Gasteiger partial charge in [-0.1, -0.05) is 15.9 Å². The fourth-order valence-corrected chi connectivity index (χ4v) is 2.99. The molecule has 14 heavy (non-hydrogen) atoms. The van der Waals surface area contributed by atoms with E-state index in [2.05, 4.69) is 31.9 Å². The van der Waals surface area contributed by atoms with E-state index in [1.54, 1.807) is 0 Å². The predicted octanol–water partition coefficient (Wildman–Crippen LogP) is -6.31. The van der Waals surface area contributed by atoms with E-state index in [1.807, 2.05) is 0 Å². The second-order valence-corrected chi connectivity index (χ2v) is 5.34. The fraction of sp³-hybridized carbons (Fsp3) is 0. The van der Waals surface area contributed by atoms with Crippen molar-refractivity contribution in [3.8, 4) is 0 Å². The minimum Gasteiger partial charge on any atom is -0.683 e. The number of hydrogen-bond acceptors (Lipinski definition) is 3. The zero-order valence-corrected chi connectivity index (χ0v) is 18.0. The van der Waals surface area contributed by atoms with Crippen LogP contribution in [-0.4, -0.2) is 0 Å². The Bertz CT molecular complexity index is 306. The van der Waals surface area contributed by atoms with Crippen LogP contribution in [-0.2, 0) is 0 Å². The zero-order valence-electron chi connectivity index (χ0n) is 7.66. The Morgan fingerprint density at radius 1 is 1.00 bits per heavy atom. The molecular weight excluding hydrogens is 389 g/mol. The summed E-state index contributed by atoms with van der Waals surface area (Å²) in [4.78, 5) is 31.8. The van der Waals surface area contributed by atoms with Crippen molar-refractivity contribution in [1.82, 2.24) is 0 Å². The molecule has 0 atom stereocenters. The summed E-state index contributed by atoms with van der Waals surface area (Å²) in [5.41, 5.74) is 0. The van der Waals surface area contributed by atoms with Crippen LogP contribution in [0.2, 0.25) is 0 Å². The van der Waals surface area contributed by atoms with Gasteiger partial charge in [0.2, 0.25) is 0 Å². The Hall–Kier alpha value is 3.76. The molecule has 0 radical (unpaired) electrons. The first-order chi connectivity index (χ1) is 5.41.